The van der Waals surface area contributed by atoms with E-state index in [-0.39, 0.29) is 5.91 Å². The number of aryl methyl sites for hydroxylation is 2. The third-order valence-corrected chi connectivity index (χ3v) is 4.51. The highest BCUT2D eigenvalue weighted by Gasteiger charge is 2.17. The van der Waals surface area contributed by atoms with Crippen molar-refractivity contribution in [2.45, 2.75) is 39.7 Å². The summed E-state index contributed by atoms with van der Waals surface area (Å²) in [7, 11) is 1.83. The van der Waals surface area contributed by atoms with Gasteiger partial charge in [0.05, 0.1) is 11.1 Å². The fourth-order valence-corrected chi connectivity index (χ4v) is 3.56. The van der Waals surface area contributed by atoms with Crippen molar-refractivity contribution in [2.75, 3.05) is 7.05 Å². The third-order valence-electron chi connectivity index (χ3n) is 3.29. The molecule has 0 radical (unpaired) electrons. The molecule has 1 N–H and O–H groups in total. The van der Waals surface area contributed by atoms with Crippen LogP contribution in [0.3, 0.4) is 0 Å². The predicted molar refractivity (Wildman–Crippen MR) is 82.1 cm³/mol. The number of rotatable bonds is 6. The average molecular weight is 291 g/mol. The Bertz CT molecular complexity index is 560. The van der Waals surface area contributed by atoms with E-state index in [1.807, 2.05) is 13.2 Å². The van der Waals surface area contributed by atoms with Crippen molar-refractivity contribution in [2.24, 2.45) is 0 Å². The number of thiophene rings is 1. The lowest BCUT2D eigenvalue weighted by molar-refractivity contribution is 0.0790. The molecular formula is C15H21N3OS. The zero-order valence-electron chi connectivity index (χ0n) is 12.3. The SMILES string of the molecule is CCCc1sc(C(=O)N(C)Cc2cn[nH]c2)cc1CC. The second-order valence-electron chi connectivity index (χ2n) is 4.93. The molecule has 1 amide bonds. The summed E-state index contributed by atoms with van der Waals surface area (Å²) in [5.41, 5.74) is 2.33. The zero-order valence-corrected chi connectivity index (χ0v) is 13.1. The first kappa shape index (κ1) is 14.8. The van der Waals surface area contributed by atoms with Gasteiger partial charge in [0, 0.05) is 30.2 Å². The van der Waals surface area contributed by atoms with Gasteiger partial charge in [0.15, 0.2) is 0 Å². The van der Waals surface area contributed by atoms with Gasteiger partial charge in [-0.3, -0.25) is 9.89 Å². The normalized spacial score (nSPS) is 10.8. The lowest BCUT2D eigenvalue weighted by atomic mass is 10.1. The minimum absolute atomic E-state index is 0.0910. The summed E-state index contributed by atoms with van der Waals surface area (Å²) in [4.78, 5) is 16.4. The van der Waals surface area contributed by atoms with Crippen LogP contribution in [-0.4, -0.2) is 28.1 Å². The van der Waals surface area contributed by atoms with Crippen molar-refractivity contribution < 1.29 is 4.79 Å². The maximum absolute atomic E-state index is 12.5. The standard InChI is InChI=1S/C15H21N3OS/c1-4-6-13-12(5-2)7-14(20-13)15(19)18(3)10-11-8-16-17-9-11/h7-9H,4-6,10H2,1-3H3,(H,16,17). The number of hydrogen-bond donors (Lipinski definition) is 1. The summed E-state index contributed by atoms with van der Waals surface area (Å²) in [6.45, 7) is 4.90. The monoisotopic (exact) mass is 291 g/mol. The molecule has 108 valence electrons. The van der Waals surface area contributed by atoms with Crippen LogP contribution in [0.15, 0.2) is 18.5 Å². The number of carbonyl (C=O) groups is 1. The lowest BCUT2D eigenvalue weighted by Crippen LogP contribution is -2.25. The maximum Gasteiger partial charge on any atom is 0.263 e. The van der Waals surface area contributed by atoms with E-state index in [1.165, 1.54) is 10.4 Å². The summed E-state index contributed by atoms with van der Waals surface area (Å²) in [6.07, 6.45) is 6.74. The Hall–Kier alpha value is -1.62. The first-order valence-corrected chi connectivity index (χ1v) is 7.82. The third kappa shape index (κ3) is 3.28. The highest BCUT2D eigenvalue weighted by molar-refractivity contribution is 7.14. The van der Waals surface area contributed by atoms with E-state index in [0.717, 1.165) is 29.7 Å². The second-order valence-corrected chi connectivity index (χ2v) is 6.07. The Morgan fingerprint density at radius 2 is 2.25 bits per heavy atom. The Kier molecular flexibility index (Phi) is 4.95. The Labute approximate surface area is 123 Å². The molecule has 2 aromatic heterocycles. The summed E-state index contributed by atoms with van der Waals surface area (Å²) < 4.78 is 0. The van der Waals surface area contributed by atoms with Gasteiger partial charge in [0.25, 0.3) is 5.91 Å². The van der Waals surface area contributed by atoms with Crippen LogP contribution in [0.2, 0.25) is 0 Å². The van der Waals surface area contributed by atoms with Crippen LogP contribution in [-0.2, 0) is 19.4 Å². The topological polar surface area (TPSA) is 49.0 Å². The number of carbonyl (C=O) groups excluding carboxylic acids is 1. The molecular weight excluding hydrogens is 270 g/mol. The van der Waals surface area contributed by atoms with E-state index in [2.05, 4.69) is 30.1 Å². The van der Waals surface area contributed by atoms with Gasteiger partial charge >= 0.3 is 0 Å². The van der Waals surface area contributed by atoms with Gasteiger partial charge in [0.1, 0.15) is 0 Å². The van der Waals surface area contributed by atoms with Crippen molar-refractivity contribution >= 4 is 17.2 Å². The maximum atomic E-state index is 12.5. The summed E-state index contributed by atoms with van der Waals surface area (Å²) in [5, 5.41) is 6.67. The molecule has 0 unspecified atom stereocenters. The van der Waals surface area contributed by atoms with Gasteiger partial charge in [-0.25, -0.2) is 0 Å². The Morgan fingerprint density at radius 1 is 1.45 bits per heavy atom. The second kappa shape index (κ2) is 6.70. The van der Waals surface area contributed by atoms with Crippen LogP contribution in [0, 0.1) is 0 Å². The molecule has 5 heteroatoms. The molecule has 20 heavy (non-hydrogen) atoms. The van der Waals surface area contributed by atoms with Crippen LogP contribution >= 0.6 is 11.3 Å². The molecule has 4 nitrogen and oxygen atoms in total. The van der Waals surface area contributed by atoms with E-state index in [4.69, 9.17) is 0 Å². The largest absolute Gasteiger partial charge is 0.337 e. The van der Waals surface area contributed by atoms with Crippen molar-refractivity contribution in [3.63, 3.8) is 0 Å². The van der Waals surface area contributed by atoms with Gasteiger partial charge in [-0.1, -0.05) is 20.3 Å². The highest BCUT2D eigenvalue weighted by atomic mass is 32.1. The van der Waals surface area contributed by atoms with E-state index in [0.29, 0.717) is 6.54 Å². The molecule has 0 bridgehead atoms. The molecule has 0 saturated carbocycles. The Morgan fingerprint density at radius 3 is 2.85 bits per heavy atom. The number of nitrogens with one attached hydrogen (secondary N) is 1. The fourth-order valence-electron chi connectivity index (χ4n) is 2.21. The number of H-pyrrole nitrogens is 1. The molecule has 0 fully saturated rings. The van der Waals surface area contributed by atoms with Gasteiger partial charge in [-0.15, -0.1) is 11.3 Å². The average Bonchev–Trinajstić information content (AvgIpc) is 3.07. The minimum Gasteiger partial charge on any atom is -0.337 e. The number of aromatic amines is 1. The van der Waals surface area contributed by atoms with Gasteiger partial charge < -0.3 is 4.90 Å². The lowest BCUT2D eigenvalue weighted by Gasteiger charge is -2.14. The molecule has 0 saturated heterocycles. The van der Waals surface area contributed by atoms with Crippen LogP contribution in [0.1, 0.15) is 45.9 Å². The number of nitrogens with zero attached hydrogens (tertiary/aromatic N) is 2. The first-order valence-electron chi connectivity index (χ1n) is 7.00. The first-order chi connectivity index (χ1) is 9.65. The van der Waals surface area contributed by atoms with Crippen LogP contribution in [0.4, 0.5) is 0 Å². The molecule has 0 aliphatic carbocycles. The molecule has 0 atom stereocenters. The molecule has 2 heterocycles. The van der Waals surface area contributed by atoms with Gasteiger partial charge in [-0.2, -0.15) is 5.10 Å². The minimum atomic E-state index is 0.0910. The van der Waals surface area contributed by atoms with Crippen LogP contribution in [0.5, 0.6) is 0 Å². The van der Waals surface area contributed by atoms with Crippen molar-refractivity contribution in [3.8, 4) is 0 Å². The zero-order chi connectivity index (χ0) is 14.5. The molecule has 0 aliphatic rings. The Balaban J connectivity index is 2.11. The van der Waals surface area contributed by atoms with Gasteiger partial charge in [0.2, 0.25) is 0 Å². The smallest absolute Gasteiger partial charge is 0.263 e. The molecule has 2 rings (SSSR count). The number of aromatic nitrogens is 2. The van der Waals surface area contributed by atoms with E-state index in [1.54, 1.807) is 22.4 Å². The van der Waals surface area contributed by atoms with Crippen molar-refractivity contribution in [1.29, 1.82) is 0 Å². The predicted octanol–water partition coefficient (Wildman–Crippen LogP) is 3.26. The highest BCUT2D eigenvalue weighted by Crippen LogP contribution is 2.25. The molecule has 0 spiro atoms. The van der Waals surface area contributed by atoms with Crippen LogP contribution in [0.25, 0.3) is 0 Å². The number of amides is 1. The molecule has 0 aromatic carbocycles. The summed E-state index contributed by atoms with van der Waals surface area (Å²) in [5.74, 6) is 0.0910. The molecule has 0 aliphatic heterocycles. The van der Waals surface area contributed by atoms with Crippen LogP contribution < -0.4 is 0 Å². The molecule has 2 aromatic rings. The van der Waals surface area contributed by atoms with Gasteiger partial charge in [-0.05, 0) is 24.5 Å². The quantitative estimate of drug-likeness (QED) is 0.888. The fraction of sp³-hybridized carbons (Fsp3) is 0.467. The van der Waals surface area contributed by atoms with Crippen molar-refractivity contribution in [1.82, 2.24) is 15.1 Å². The van der Waals surface area contributed by atoms with E-state index >= 15 is 0 Å². The van der Waals surface area contributed by atoms with E-state index < -0.39 is 0 Å². The van der Waals surface area contributed by atoms with Crippen molar-refractivity contribution in [3.05, 3.63) is 39.3 Å². The summed E-state index contributed by atoms with van der Waals surface area (Å²) >= 11 is 1.64. The summed E-state index contributed by atoms with van der Waals surface area (Å²) in [6, 6.07) is 2.06. The number of hydrogen-bond acceptors (Lipinski definition) is 3. The van der Waals surface area contributed by atoms with E-state index in [9.17, 15) is 4.79 Å².